The monoisotopic (exact) mass is 299 g/mol. The summed E-state index contributed by atoms with van der Waals surface area (Å²) in [5, 5.41) is 2.86. The predicted molar refractivity (Wildman–Crippen MR) is 87.7 cm³/mol. The quantitative estimate of drug-likeness (QED) is 0.877. The Morgan fingerprint density at radius 2 is 1.82 bits per heavy atom. The Labute approximate surface area is 131 Å². The van der Waals surface area contributed by atoms with Crippen molar-refractivity contribution in [2.24, 2.45) is 5.92 Å². The molecule has 0 aromatic heterocycles. The van der Waals surface area contributed by atoms with Gasteiger partial charge in [-0.15, -0.1) is 0 Å². The normalized spacial score (nSPS) is 10.4. The fourth-order valence-corrected chi connectivity index (χ4v) is 1.87. The minimum Gasteiger partial charge on any atom is -0.497 e. The van der Waals surface area contributed by atoms with Crippen molar-refractivity contribution < 1.29 is 14.3 Å². The second kappa shape index (κ2) is 7.50. The molecule has 0 atom stereocenters. The molecule has 0 saturated carbocycles. The summed E-state index contributed by atoms with van der Waals surface area (Å²) in [5.74, 6) is 1.77. The van der Waals surface area contributed by atoms with E-state index in [1.807, 2.05) is 24.3 Å². The summed E-state index contributed by atoms with van der Waals surface area (Å²) in [4.78, 5) is 12.2. The van der Waals surface area contributed by atoms with Gasteiger partial charge in [0.25, 0.3) is 5.91 Å². The number of hydrogen-bond donors (Lipinski definition) is 1. The molecule has 1 N–H and O–H groups in total. The zero-order valence-electron chi connectivity index (χ0n) is 13.1. The van der Waals surface area contributed by atoms with Gasteiger partial charge in [0.05, 0.1) is 13.7 Å². The van der Waals surface area contributed by atoms with E-state index in [0.29, 0.717) is 23.8 Å². The van der Waals surface area contributed by atoms with E-state index in [2.05, 4.69) is 19.2 Å². The first-order valence-corrected chi connectivity index (χ1v) is 7.26. The molecule has 2 aromatic carbocycles. The molecule has 0 aliphatic rings. The maximum absolute atomic E-state index is 12.2. The van der Waals surface area contributed by atoms with Gasteiger partial charge in [0.1, 0.15) is 11.5 Å². The van der Waals surface area contributed by atoms with Crippen molar-refractivity contribution in [1.82, 2.24) is 0 Å². The van der Waals surface area contributed by atoms with Gasteiger partial charge in [-0.05, 0) is 42.3 Å². The molecule has 4 heteroatoms. The smallest absolute Gasteiger partial charge is 0.255 e. The van der Waals surface area contributed by atoms with Crippen LogP contribution in [0.1, 0.15) is 24.2 Å². The van der Waals surface area contributed by atoms with Gasteiger partial charge in [-0.2, -0.15) is 0 Å². The highest BCUT2D eigenvalue weighted by molar-refractivity contribution is 6.04. The Morgan fingerprint density at radius 3 is 2.45 bits per heavy atom. The van der Waals surface area contributed by atoms with Crippen LogP contribution in [0.25, 0.3) is 0 Å². The Balaban J connectivity index is 2.02. The molecule has 0 fully saturated rings. The van der Waals surface area contributed by atoms with Crippen LogP contribution in [0, 0.1) is 5.92 Å². The number of carbonyl (C=O) groups excluding carboxylic acids is 1. The fourth-order valence-electron chi connectivity index (χ4n) is 1.87. The molecule has 22 heavy (non-hydrogen) atoms. The van der Waals surface area contributed by atoms with Crippen LogP contribution in [0.5, 0.6) is 11.5 Å². The molecule has 4 nitrogen and oxygen atoms in total. The van der Waals surface area contributed by atoms with Crippen molar-refractivity contribution >= 4 is 11.6 Å². The van der Waals surface area contributed by atoms with Gasteiger partial charge in [-0.1, -0.05) is 19.9 Å². The van der Waals surface area contributed by atoms with E-state index in [0.717, 1.165) is 11.5 Å². The molecule has 0 aliphatic heterocycles. The largest absolute Gasteiger partial charge is 0.497 e. The number of hydrogen-bond acceptors (Lipinski definition) is 3. The number of ether oxygens (including phenoxy) is 2. The fraction of sp³-hybridized carbons (Fsp3) is 0.278. The van der Waals surface area contributed by atoms with Crippen LogP contribution < -0.4 is 14.8 Å². The lowest BCUT2D eigenvalue weighted by Gasteiger charge is -2.11. The van der Waals surface area contributed by atoms with Crippen molar-refractivity contribution in [3.63, 3.8) is 0 Å². The Bertz CT molecular complexity index is 620. The summed E-state index contributed by atoms with van der Waals surface area (Å²) in [5.41, 5.74) is 1.29. The molecule has 0 unspecified atom stereocenters. The molecular formula is C18H21NO3. The number of amides is 1. The predicted octanol–water partition coefficient (Wildman–Crippen LogP) is 3.98. The Morgan fingerprint density at radius 1 is 1.09 bits per heavy atom. The highest BCUT2D eigenvalue weighted by Gasteiger charge is 2.07. The third-order valence-electron chi connectivity index (χ3n) is 3.03. The summed E-state index contributed by atoms with van der Waals surface area (Å²) in [6.45, 7) is 4.83. The molecule has 0 aliphatic carbocycles. The number of benzene rings is 2. The maximum Gasteiger partial charge on any atom is 0.255 e. The molecule has 0 bridgehead atoms. The lowest BCUT2D eigenvalue weighted by molar-refractivity contribution is 0.102. The maximum atomic E-state index is 12.2. The van der Waals surface area contributed by atoms with Gasteiger partial charge in [0, 0.05) is 17.3 Å². The summed E-state index contributed by atoms with van der Waals surface area (Å²) in [6, 6.07) is 14.4. The number of methoxy groups -OCH3 is 1. The Hall–Kier alpha value is -2.49. The van der Waals surface area contributed by atoms with Crippen molar-refractivity contribution in [2.45, 2.75) is 13.8 Å². The minimum absolute atomic E-state index is 0.163. The highest BCUT2D eigenvalue weighted by atomic mass is 16.5. The summed E-state index contributed by atoms with van der Waals surface area (Å²) in [7, 11) is 1.59. The molecule has 0 radical (unpaired) electrons. The topological polar surface area (TPSA) is 47.6 Å². The zero-order valence-corrected chi connectivity index (χ0v) is 13.1. The van der Waals surface area contributed by atoms with Crippen molar-refractivity contribution in [2.75, 3.05) is 19.0 Å². The van der Waals surface area contributed by atoms with Gasteiger partial charge in [0.15, 0.2) is 0 Å². The van der Waals surface area contributed by atoms with Crippen LogP contribution in [0.3, 0.4) is 0 Å². The molecule has 116 valence electrons. The standard InChI is InChI=1S/C18H21NO3/c1-13(2)12-22-17-6-4-5-15(11-17)19-18(20)14-7-9-16(21-3)10-8-14/h4-11,13H,12H2,1-3H3,(H,19,20). The first-order chi connectivity index (χ1) is 10.6. The van der Waals surface area contributed by atoms with Crippen molar-refractivity contribution in [3.8, 4) is 11.5 Å². The SMILES string of the molecule is COc1ccc(C(=O)Nc2cccc(OCC(C)C)c2)cc1. The van der Waals surface area contributed by atoms with Crippen LogP contribution in [0.4, 0.5) is 5.69 Å². The highest BCUT2D eigenvalue weighted by Crippen LogP contribution is 2.19. The van der Waals surface area contributed by atoms with E-state index in [1.165, 1.54) is 0 Å². The van der Waals surface area contributed by atoms with Crippen LogP contribution in [-0.4, -0.2) is 19.6 Å². The zero-order chi connectivity index (χ0) is 15.9. The molecule has 2 aromatic rings. The number of carbonyl (C=O) groups is 1. The molecule has 1 amide bonds. The van der Waals surface area contributed by atoms with Gasteiger partial charge in [-0.3, -0.25) is 4.79 Å². The molecule has 2 rings (SSSR count). The first kappa shape index (κ1) is 15.9. The average molecular weight is 299 g/mol. The van der Waals surface area contributed by atoms with Crippen LogP contribution in [0.2, 0.25) is 0 Å². The first-order valence-electron chi connectivity index (χ1n) is 7.26. The third kappa shape index (κ3) is 4.52. The van der Waals surface area contributed by atoms with Crippen LogP contribution in [-0.2, 0) is 0 Å². The second-order valence-electron chi connectivity index (χ2n) is 5.42. The van der Waals surface area contributed by atoms with Crippen molar-refractivity contribution in [1.29, 1.82) is 0 Å². The summed E-state index contributed by atoms with van der Waals surface area (Å²) >= 11 is 0. The summed E-state index contributed by atoms with van der Waals surface area (Å²) in [6.07, 6.45) is 0. The van der Waals surface area contributed by atoms with Gasteiger partial charge >= 0.3 is 0 Å². The van der Waals surface area contributed by atoms with Gasteiger partial charge in [-0.25, -0.2) is 0 Å². The van der Waals surface area contributed by atoms with E-state index in [9.17, 15) is 4.79 Å². The Kier molecular flexibility index (Phi) is 5.42. The lowest BCUT2D eigenvalue weighted by Crippen LogP contribution is -2.12. The van der Waals surface area contributed by atoms with E-state index in [-0.39, 0.29) is 5.91 Å². The molecule has 0 saturated heterocycles. The molecule has 0 spiro atoms. The molecular weight excluding hydrogens is 278 g/mol. The molecule has 0 heterocycles. The number of rotatable bonds is 6. The van der Waals surface area contributed by atoms with Crippen LogP contribution in [0.15, 0.2) is 48.5 Å². The number of anilines is 1. The van der Waals surface area contributed by atoms with Crippen molar-refractivity contribution in [3.05, 3.63) is 54.1 Å². The van der Waals surface area contributed by atoms with E-state index < -0.39 is 0 Å². The number of nitrogens with one attached hydrogen (secondary N) is 1. The van der Waals surface area contributed by atoms with E-state index in [1.54, 1.807) is 31.4 Å². The van der Waals surface area contributed by atoms with Crippen LogP contribution >= 0.6 is 0 Å². The lowest BCUT2D eigenvalue weighted by atomic mass is 10.2. The van der Waals surface area contributed by atoms with E-state index in [4.69, 9.17) is 9.47 Å². The van der Waals surface area contributed by atoms with Gasteiger partial charge < -0.3 is 14.8 Å². The second-order valence-corrected chi connectivity index (χ2v) is 5.42. The summed E-state index contributed by atoms with van der Waals surface area (Å²) < 4.78 is 10.7. The average Bonchev–Trinajstić information content (AvgIpc) is 2.53. The third-order valence-corrected chi connectivity index (χ3v) is 3.03. The van der Waals surface area contributed by atoms with E-state index >= 15 is 0 Å². The minimum atomic E-state index is -0.163. The van der Waals surface area contributed by atoms with Gasteiger partial charge in [0.2, 0.25) is 0 Å².